The molecular formula is C18H31N3OS. The van der Waals surface area contributed by atoms with Gasteiger partial charge in [0, 0.05) is 17.5 Å². The second-order valence-electron chi connectivity index (χ2n) is 7.19. The van der Waals surface area contributed by atoms with Crippen molar-refractivity contribution in [1.82, 2.24) is 4.72 Å². The molecule has 0 amide bonds. The molecule has 1 aromatic carbocycles. The van der Waals surface area contributed by atoms with Gasteiger partial charge in [-0.3, -0.25) is 4.72 Å². The molecule has 130 valence electrons. The molecule has 23 heavy (non-hydrogen) atoms. The Labute approximate surface area is 145 Å². The van der Waals surface area contributed by atoms with E-state index in [4.69, 9.17) is 10.5 Å². The molecule has 0 aromatic heterocycles. The first-order valence-corrected chi connectivity index (χ1v) is 9.45. The topological polar surface area (TPSA) is 59.3 Å². The molecular weight excluding hydrogens is 306 g/mol. The van der Waals surface area contributed by atoms with Crippen LogP contribution in [0.5, 0.6) is 0 Å². The van der Waals surface area contributed by atoms with E-state index >= 15 is 0 Å². The van der Waals surface area contributed by atoms with Gasteiger partial charge in [-0.2, -0.15) is 0 Å². The Bertz CT molecular complexity index is 482. The normalized spacial score (nSPS) is 16.5. The first kappa shape index (κ1) is 18.4. The number of hydrogen-bond acceptors (Lipinski definition) is 5. The Morgan fingerprint density at radius 2 is 1.96 bits per heavy atom. The monoisotopic (exact) mass is 337 g/mol. The van der Waals surface area contributed by atoms with E-state index in [1.165, 1.54) is 32.1 Å². The highest BCUT2D eigenvalue weighted by atomic mass is 32.2. The van der Waals surface area contributed by atoms with Crippen molar-refractivity contribution in [1.29, 1.82) is 0 Å². The van der Waals surface area contributed by atoms with E-state index in [1.54, 1.807) is 11.9 Å². The van der Waals surface area contributed by atoms with Crippen LogP contribution >= 0.6 is 11.9 Å². The summed E-state index contributed by atoms with van der Waals surface area (Å²) in [5.41, 5.74) is 8.01. The highest BCUT2D eigenvalue weighted by Crippen LogP contribution is 2.28. The second kappa shape index (κ2) is 8.81. The highest BCUT2D eigenvalue weighted by molar-refractivity contribution is 7.97. The Balaban J connectivity index is 1.75. The molecule has 4 nitrogen and oxygen atoms in total. The van der Waals surface area contributed by atoms with Crippen molar-refractivity contribution in [2.75, 3.05) is 24.2 Å². The predicted molar refractivity (Wildman–Crippen MR) is 101 cm³/mol. The van der Waals surface area contributed by atoms with Crippen LogP contribution in [0.2, 0.25) is 0 Å². The molecule has 0 atom stereocenters. The lowest BCUT2D eigenvalue weighted by atomic mass is 9.95. The Morgan fingerprint density at radius 3 is 2.61 bits per heavy atom. The molecule has 4 N–H and O–H groups in total. The van der Waals surface area contributed by atoms with Crippen LogP contribution in [-0.2, 0) is 4.74 Å². The third-order valence-electron chi connectivity index (χ3n) is 3.92. The Hall–Kier alpha value is -0.910. The standard InChI is InChI=1S/C18H31N3OS/c1-18(2,3)22-12-11-20-23-15-9-10-17(16(19)13-15)21-14-7-5-4-6-8-14/h9-10,13-14,20-21H,4-8,11-12,19H2,1-3H3. The number of nitrogen functional groups attached to an aromatic ring is 1. The molecule has 0 aliphatic heterocycles. The van der Waals surface area contributed by atoms with Crippen molar-refractivity contribution in [3.05, 3.63) is 18.2 Å². The number of nitrogens with two attached hydrogens (primary N) is 1. The molecule has 2 rings (SSSR count). The van der Waals surface area contributed by atoms with Gasteiger partial charge in [0.05, 0.1) is 23.6 Å². The summed E-state index contributed by atoms with van der Waals surface area (Å²) >= 11 is 1.60. The molecule has 0 bridgehead atoms. The lowest BCUT2D eigenvalue weighted by molar-refractivity contribution is 0.000998. The third kappa shape index (κ3) is 7.02. The highest BCUT2D eigenvalue weighted by Gasteiger charge is 2.14. The summed E-state index contributed by atoms with van der Waals surface area (Å²) < 4.78 is 9.00. The molecule has 1 saturated carbocycles. The van der Waals surface area contributed by atoms with Crippen LogP contribution in [0.25, 0.3) is 0 Å². The molecule has 1 aromatic rings. The van der Waals surface area contributed by atoms with Crippen LogP contribution in [0, 0.1) is 0 Å². The molecule has 0 unspecified atom stereocenters. The molecule has 1 aliphatic carbocycles. The average Bonchev–Trinajstić information content (AvgIpc) is 2.49. The quantitative estimate of drug-likeness (QED) is 0.390. The van der Waals surface area contributed by atoms with E-state index in [9.17, 15) is 0 Å². The summed E-state index contributed by atoms with van der Waals surface area (Å²) in [7, 11) is 0. The maximum atomic E-state index is 6.20. The summed E-state index contributed by atoms with van der Waals surface area (Å²) in [4.78, 5) is 1.13. The fourth-order valence-electron chi connectivity index (χ4n) is 2.74. The number of nitrogens with one attached hydrogen (secondary N) is 2. The first-order chi connectivity index (χ1) is 10.9. The number of hydrogen-bond donors (Lipinski definition) is 3. The SMILES string of the molecule is CC(C)(C)OCCNSc1ccc(NC2CCCCC2)c(N)c1. The predicted octanol–water partition coefficient (Wildman–Crippen LogP) is 4.43. The summed E-state index contributed by atoms with van der Waals surface area (Å²) in [5.74, 6) is 0. The van der Waals surface area contributed by atoms with E-state index in [0.717, 1.165) is 22.8 Å². The van der Waals surface area contributed by atoms with Gasteiger partial charge in [-0.15, -0.1) is 0 Å². The number of rotatable bonds is 7. The van der Waals surface area contributed by atoms with E-state index in [1.807, 2.05) is 6.07 Å². The zero-order valence-corrected chi connectivity index (χ0v) is 15.5. The van der Waals surface area contributed by atoms with Crippen LogP contribution in [0.3, 0.4) is 0 Å². The summed E-state index contributed by atoms with van der Waals surface area (Å²) in [6.07, 6.45) is 6.53. The first-order valence-electron chi connectivity index (χ1n) is 8.64. The van der Waals surface area contributed by atoms with Gasteiger partial charge in [0.1, 0.15) is 0 Å². The molecule has 1 fully saturated rings. The second-order valence-corrected chi connectivity index (χ2v) is 8.15. The van der Waals surface area contributed by atoms with Crippen LogP contribution in [0.4, 0.5) is 11.4 Å². The molecule has 5 heteroatoms. The van der Waals surface area contributed by atoms with Gasteiger partial charge in [0.2, 0.25) is 0 Å². The number of benzene rings is 1. The van der Waals surface area contributed by atoms with Crippen molar-refractivity contribution in [3.63, 3.8) is 0 Å². The van der Waals surface area contributed by atoms with E-state index in [0.29, 0.717) is 12.6 Å². The maximum Gasteiger partial charge on any atom is 0.0607 e. The summed E-state index contributed by atoms with van der Waals surface area (Å²) in [6.45, 7) is 7.72. The zero-order valence-electron chi connectivity index (χ0n) is 14.7. The van der Waals surface area contributed by atoms with Crippen molar-refractivity contribution in [2.45, 2.75) is 69.4 Å². The summed E-state index contributed by atoms with van der Waals surface area (Å²) in [6, 6.07) is 6.83. The molecule has 0 spiro atoms. The van der Waals surface area contributed by atoms with Gasteiger partial charge in [0.25, 0.3) is 0 Å². The number of ether oxygens (including phenoxy) is 1. The van der Waals surface area contributed by atoms with Gasteiger partial charge in [-0.25, -0.2) is 0 Å². The maximum absolute atomic E-state index is 6.20. The van der Waals surface area contributed by atoms with E-state index < -0.39 is 0 Å². The van der Waals surface area contributed by atoms with Crippen molar-refractivity contribution >= 4 is 23.3 Å². The van der Waals surface area contributed by atoms with Crippen LogP contribution < -0.4 is 15.8 Å². The lowest BCUT2D eigenvalue weighted by Crippen LogP contribution is -2.24. The van der Waals surface area contributed by atoms with Crippen molar-refractivity contribution in [3.8, 4) is 0 Å². The smallest absolute Gasteiger partial charge is 0.0607 e. The number of anilines is 2. The third-order valence-corrected chi connectivity index (χ3v) is 4.76. The van der Waals surface area contributed by atoms with Crippen LogP contribution in [0.1, 0.15) is 52.9 Å². The zero-order chi connectivity index (χ0) is 16.7. The Morgan fingerprint density at radius 1 is 1.22 bits per heavy atom. The van der Waals surface area contributed by atoms with E-state index in [2.05, 4.69) is 42.9 Å². The van der Waals surface area contributed by atoms with Crippen LogP contribution in [-0.4, -0.2) is 24.8 Å². The minimum Gasteiger partial charge on any atom is -0.397 e. The fourth-order valence-corrected chi connectivity index (χ4v) is 3.41. The van der Waals surface area contributed by atoms with Crippen molar-refractivity contribution < 1.29 is 4.74 Å². The average molecular weight is 338 g/mol. The molecule has 0 radical (unpaired) electrons. The molecule has 0 saturated heterocycles. The largest absolute Gasteiger partial charge is 0.397 e. The van der Waals surface area contributed by atoms with Crippen molar-refractivity contribution in [2.24, 2.45) is 0 Å². The Kier molecular flexibility index (Phi) is 7.06. The van der Waals surface area contributed by atoms with Gasteiger partial charge in [-0.1, -0.05) is 19.3 Å². The van der Waals surface area contributed by atoms with Gasteiger partial charge < -0.3 is 15.8 Å². The molecule has 1 aliphatic rings. The fraction of sp³-hybridized carbons (Fsp3) is 0.667. The summed E-state index contributed by atoms with van der Waals surface area (Å²) in [5, 5.41) is 3.59. The minimum atomic E-state index is -0.0801. The van der Waals surface area contributed by atoms with E-state index in [-0.39, 0.29) is 5.60 Å². The van der Waals surface area contributed by atoms with Gasteiger partial charge >= 0.3 is 0 Å². The van der Waals surface area contributed by atoms with Gasteiger partial charge in [0.15, 0.2) is 0 Å². The molecule has 0 heterocycles. The lowest BCUT2D eigenvalue weighted by Gasteiger charge is -2.24. The minimum absolute atomic E-state index is 0.0801. The van der Waals surface area contributed by atoms with Gasteiger partial charge in [-0.05, 0) is 63.8 Å². The van der Waals surface area contributed by atoms with Crippen LogP contribution in [0.15, 0.2) is 23.1 Å².